The average molecular weight is 323 g/mol. The minimum absolute atomic E-state index is 0.0253. The molecule has 2 heterocycles. The third kappa shape index (κ3) is 2.66. The van der Waals surface area contributed by atoms with E-state index in [4.69, 9.17) is 10.2 Å². The van der Waals surface area contributed by atoms with Gasteiger partial charge in [-0.1, -0.05) is 30.3 Å². The van der Waals surface area contributed by atoms with E-state index in [0.29, 0.717) is 12.3 Å². The van der Waals surface area contributed by atoms with Crippen LogP contribution in [0.5, 0.6) is 0 Å². The highest BCUT2D eigenvalue weighted by molar-refractivity contribution is 6.08. The Morgan fingerprint density at radius 1 is 1.04 bits per heavy atom. The van der Waals surface area contributed by atoms with Crippen molar-refractivity contribution >= 4 is 27.6 Å². The van der Waals surface area contributed by atoms with Gasteiger partial charge < -0.3 is 15.1 Å². The molecular formula is C19H21N3O2. The van der Waals surface area contributed by atoms with Gasteiger partial charge in [-0.05, 0) is 22.9 Å². The van der Waals surface area contributed by atoms with Crippen molar-refractivity contribution in [3.63, 3.8) is 0 Å². The fraction of sp³-hybridized carbons (Fsp3) is 0.316. The van der Waals surface area contributed by atoms with Gasteiger partial charge in [-0.15, -0.1) is 0 Å². The Labute approximate surface area is 140 Å². The van der Waals surface area contributed by atoms with Crippen molar-refractivity contribution < 1.29 is 9.21 Å². The molecule has 1 saturated heterocycles. The van der Waals surface area contributed by atoms with Crippen LogP contribution in [0.3, 0.4) is 0 Å². The van der Waals surface area contributed by atoms with Gasteiger partial charge in [-0.3, -0.25) is 9.69 Å². The normalized spacial score (nSPS) is 16.1. The first kappa shape index (κ1) is 15.2. The average Bonchev–Trinajstić information content (AvgIpc) is 3.07. The third-order valence-electron chi connectivity index (χ3n) is 4.74. The van der Waals surface area contributed by atoms with Crippen LogP contribution in [0.4, 0.5) is 0 Å². The van der Waals surface area contributed by atoms with Crippen molar-refractivity contribution in [2.24, 2.45) is 5.73 Å². The molecule has 1 aromatic heterocycles. The Balaban J connectivity index is 1.60. The lowest BCUT2D eigenvalue weighted by atomic mass is 10.1. The van der Waals surface area contributed by atoms with Gasteiger partial charge in [0.25, 0.3) is 5.91 Å². The summed E-state index contributed by atoms with van der Waals surface area (Å²) in [6.07, 6.45) is 0. The molecule has 0 saturated carbocycles. The molecule has 2 N–H and O–H groups in total. The Kier molecular flexibility index (Phi) is 3.96. The number of hydrogen-bond donors (Lipinski definition) is 1. The SMILES string of the molecule is NCCN1CCN(C(=O)c2cc3c(ccc4ccccc43)o2)CC1. The number of hydrogen-bond acceptors (Lipinski definition) is 4. The quantitative estimate of drug-likeness (QED) is 0.803. The second kappa shape index (κ2) is 6.26. The molecule has 5 heteroatoms. The van der Waals surface area contributed by atoms with Crippen LogP contribution in [-0.2, 0) is 0 Å². The lowest BCUT2D eigenvalue weighted by Gasteiger charge is -2.33. The third-order valence-corrected chi connectivity index (χ3v) is 4.74. The molecule has 5 nitrogen and oxygen atoms in total. The highest BCUT2D eigenvalue weighted by atomic mass is 16.3. The molecule has 3 aromatic rings. The molecule has 1 aliphatic heterocycles. The zero-order valence-electron chi connectivity index (χ0n) is 13.6. The Morgan fingerprint density at radius 3 is 2.62 bits per heavy atom. The Hall–Kier alpha value is -2.37. The maximum absolute atomic E-state index is 12.8. The summed E-state index contributed by atoms with van der Waals surface area (Å²) in [5, 5.41) is 3.27. The van der Waals surface area contributed by atoms with E-state index in [1.165, 1.54) is 0 Å². The summed E-state index contributed by atoms with van der Waals surface area (Å²) in [6, 6.07) is 14.0. The molecule has 24 heavy (non-hydrogen) atoms. The monoisotopic (exact) mass is 323 g/mol. The van der Waals surface area contributed by atoms with E-state index < -0.39 is 0 Å². The lowest BCUT2D eigenvalue weighted by Crippen LogP contribution is -2.49. The van der Waals surface area contributed by atoms with Crippen molar-refractivity contribution in [3.8, 4) is 0 Å². The van der Waals surface area contributed by atoms with Gasteiger partial charge in [0.15, 0.2) is 5.76 Å². The number of rotatable bonds is 3. The predicted octanol–water partition coefficient (Wildman–Crippen LogP) is 2.30. The van der Waals surface area contributed by atoms with Crippen molar-refractivity contribution in [3.05, 3.63) is 48.2 Å². The molecule has 2 aromatic carbocycles. The zero-order chi connectivity index (χ0) is 16.5. The van der Waals surface area contributed by atoms with Crippen LogP contribution in [0.15, 0.2) is 46.9 Å². The van der Waals surface area contributed by atoms with E-state index in [-0.39, 0.29) is 5.91 Å². The molecule has 0 aliphatic carbocycles. The van der Waals surface area contributed by atoms with Gasteiger partial charge in [-0.2, -0.15) is 0 Å². The molecule has 4 rings (SSSR count). The lowest BCUT2D eigenvalue weighted by molar-refractivity contribution is 0.0612. The fourth-order valence-corrected chi connectivity index (χ4v) is 3.41. The van der Waals surface area contributed by atoms with Crippen LogP contribution in [0.1, 0.15) is 10.6 Å². The van der Waals surface area contributed by atoms with E-state index in [1.54, 1.807) is 0 Å². The molecule has 1 aliphatic rings. The van der Waals surface area contributed by atoms with Gasteiger partial charge in [0.2, 0.25) is 0 Å². The zero-order valence-corrected chi connectivity index (χ0v) is 13.6. The van der Waals surface area contributed by atoms with Crippen LogP contribution in [0, 0.1) is 0 Å². The van der Waals surface area contributed by atoms with Crippen molar-refractivity contribution in [1.82, 2.24) is 9.80 Å². The topological polar surface area (TPSA) is 62.7 Å². The number of carbonyl (C=O) groups is 1. The molecule has 1 fully saturated rings. The molecule has 0 unspecified atom stereocenters. The highest BCUT2D eigenvalue weighted by Crippen LogP contribution is 2.28. The summed E-state index contributed by atoms with van der Waals surface area (Å²) in [7, 11) is 0. The van der Waals surface area contributed by atoms with Gasteiger partial charge in [-0.25, -0.2) is 0 Å². The van der Waals surface area contributed by atoms with Gasteiger partial charge in [0.1, 0.15) is 5.58 Å². The van der Waals surface area contributed by atoms with Crippen LogP contribution >= 0.6 is 0 Å². The number of amides is 1. The largest absolute Gasteiger partial charge is 0.451 e. The molecule has 0 bridgehead atoms. The van der Waals surface area contributed by atoms with Crippen LogP contribution in [0.2, 0.25) is 0 Å². The number of nitrogens with zero attached hydrogens (tertiary/aromatic N) is 2. The first-order chi connectivity index (χ1) is 11.8. The fourth-order valence-electron chi connectivity index (χ4n) is 3.41. The van der Waals surface area contributed by atoms with E-state index in [1.807, 2.05) is 35.2 Å². The number of piperazine rings is 1. The number of furan rings is 1. The number of benzene rings is 2. The summed E-state index contributed by atoms with van der Waals surface area (Å²) < 4.78 is 5.84. The predicted molar refractivity (Wildman–Crippen MR) is 95.1 cm³/mol. The highest BCUT2D eigenvalue weighted by Gasteiger charge is 2.24. The molecular weight excluding hydrogens is 302 g/mol. The minimum atomic E-state index is -0.0253. The smallest absolute Gasteiger partial charge is 0.289 e. The summed E-state index contributed by atoms with van der Waals surface area (Å²) in [5.74, 6) is 0.399. The molecule has 0 atom stereocenters. The molecule has 124 valence electrons. The van der Waals surface area contributed by atoms with Crippen LogP contribution < -0.4 is 5.73 Å². The Morgan fingerprint density at radius 2 is 1.83 bits per heavy atom. The number of nitrogens with two attached hydrogens (primary N) is 1. The molecule has 1 amide bonds. The van der Waals surface area contributed by atoms with Gasteiger partial charge in [0.05, 0.1) is 0 Å². The van der Waals surface area contributed by atoms with Crippen molar-refractivity contribution in [2.45, 2.75) is 0 Å². The maximum atomic E-state index is 12.8. The summed E-state index contributed by atoms with van der Waals surface area (Å²) >= 11 is 0. The standard InChI is InChI=1S/C19H21N3O2/c20-7-8-21-9-11-22(12-10-21)19(23)18-13-16-15-4-2-1-3-14(15)5-6-17(16)24-18/h1-6,13H,7-12,20H2. The summed E-state index contributed by atoms with van der Waals surface area (Å²) in [4.78, 5) is 16.9. The van der Waals surface area contributed by atoms with E-state index in [2.05, 4.69) is 17.0 Å². The van der Waals surface area contributed by atoms with Crippen LogP contribution in [-0.4, -0.2) is 55.0 Å². The van der Waals surface area contributed by atoms with Gasteiger partial charge >= 0.3 is 0 Å². The summed E-state index contributed by atoms with van der Waals surface area (Å²) in [5.41, 5.74) is 6.36. The Bertz CT molecular complexity index is 879. The van der Waals surface area contributed by atoms with Crippen LogP contribution in [0.25, 0.3) is 21.7 Å². The first-order valence-corrected chi connectivity index (χ1v) is 8.39. The molecule has 0 spiro atoms. The minimum Gasteiger partial charge on any atom is -0.451 e. The van der Waals surface area contributed by atoms with Gasteiger partial charge in [0, 0.05) is 44.7 Å². The second-order valence-corrected chi connectivity index (χ2v) is 6.23. The van der Waals surface area contributed by atoms with E-state index in [9.17, 15) is 4.79 Å². The van der Waals surface area contributed by atoms with E-state index >= 15 is 0 Å². The first-order valence-electron chi connectivity index (χ1n) is 8.39. The summed E-state index contributed by atoms with van der Waals surface area (Å²) in [6.45, 7) is 4.72. The number of fused-ring (bicyclic) bond motifs is 3. The van der Waals surface area contributed by atoms with E-state index in [0.717, 1.165) is 54.5 Å². The number of carbonyl (C=O) groups excluding carboxylic acids is 1. The molecule has 0 radical (unpaired) electrons. The second-order valence-electron chi connectivity index (χ2n) is 6.23. The van der Waals surface area contributed by atoms with Crippen molar-refractivity contribution in [1.29, 1.82) is 0 Å². The maximum Gasteiger partial charge on any atom is 0.289 e. The van der Waals surface area contributed by atoms with Crippen molar-refractivity contribution in [2.75, 3.05) is 39.3 Å².